The summed E-state index contributed by atoms with van der Waals surface area (Å²) in [6, 6.07) is 26.0. The molecule has 162 valence electrons. The Morgan fingerprint density at radius 3 is 2.36 bits per heavy atom. The maximum Gasteiger partial charge on any atom is 0.294 e. The summed E-state index contributed by atoms with van der Waals surface area (Å²) >= 11 is 0. The topological polar surface area (TPSA) is 70.5 Å². The largest absolute Gasteiger partial charge is 0.503 e. The van der Waals surface area contributed by atoms with Gasteiger partial charge in [0.25, 0.3) is 5.91 Å². The molecule has 5 rings (SSSR count). The molecule has 1 aliphatic heterocycles. The van der Waals surface area contributed by atoms with Gasteiger partial charge in [-0.1, -0.05) is 66.7 Å². The fourth-order valence-corrected chi connectivity index (χ4v) is 4.46. The smallest absolute Gasteiger partial charge is 0.294 e. The Morgan fingerprint density at radius 2 is 1.58 bits per heavy atom. The van der Waals surface area contributed by atoms with E-state index in [1.807, 2.05) is 72.8 Å². The van der Waals surface area contributed by atoms with Gasteiger partial charge < -0.3 is 5.11 Å². The van der Waals surface area contributed by atoms with Crippen LogP contribution in [0.2, 0.25) is 0 Å². The Kier molecular flexibility index (Phi) is 5.45. The fraction of sp³-hybridized carbons (Fsp3) is 0.107. The number of nitrogens with zero attached hydrogens (tertiary/aromatic N) is 2. The van der Waals surface area contributed by atoms with Crippen molar-refractivity contribution in [3.63, 3.8) is 0 Å². The predicted octanol–water partition coefficient (Wildman–Crippen LogP) is 5.34. The summed E-state index contributed by atoms with van der Waals surface area (Å²) in [5.74, 6) is -1.30. The van der Waals surface area contributed by atoms with E-state index in [0.717, 1.165) is 21.9 Å². The van der Waals surface area contributed by atoms with Crippen LogP contribution in [0.3, 0.4) is 0 Å². The molecule has 1 unspecified atom stereocenters. The van der Waals surface area contributed by atoms with E-state index in [9.17, 15) is 14.7 Å². The molecule has 1 N–H and O–H groups in total. The lowest BCUT2D eigenvalue weighted by molar-refractivity contribution is -0.118. The number of fused-ring (bicyclic) bond motifs is 1. The molecule has 2 heterocycles. The predicted molar refractivity (Wildman–Crippen MR) is 128 cm³/mol. The van der Waals surface area contributed by atoms with E-state index in [0.29, 0.717) is 12.1 Å². The molecule has 0 radical (unpaired) electrons. The number of carbonyl (C=O) groups is 2. The Labute approximate surface area is 191 Å². The summed E-state index contributed by atoms with van der Waals surface area (Å²) < 4.78 is 0. The lowest BCUT2D eigenvalue weighted by Gasteiger charge is -2.28. The summed E-state index contributed by atoms with van der Waals surface area (Å²) in [7, 11) is 0. The fourth-order valence-electron chi connectivity index (χ4n) is 4.46. The second-order valence-corrected chi connectivity index (χ2v) is 8.03. The molecule has 0 fully saturated rings. The molecule has 0 bridgehead atoms. The zero-order valence-electron chi connectivity index (χ0n) is 17.9. The highest BCUT2D eigenvalue weighted by atomic mass is 16.3. The normalized spacial score (nSPS) is 15.9. The average Bonchev–Trinajstić information content (AvgIpc) is 3.13. The Morgan fingerprint density at radius 1 is 0.879 bits per heavy atom. The molecule has 1 amide bonds. The summed E-state index contributed by atoms with van der Waals surface area (Å²) in [5, 5.41) is 12.8. The van der Waals surface area contributed by atoms with Crippen LogP contribution in [-0.4, -0.2) is 21.8 Å². The van der Waals surface area contributed by atoms with Crippen LogP contribution in [0.15, 0.2) is 109 Å². The Bertz CT molecular complexity index is 1360. The number of rotatable bonds is 6. The van der Waals surface area contributed by atoms with E-state index in [-0.39, 0.29) is 17.8 Å². The van der Waals surface area contributed by atoms with Crippen LogP contribution >= 0.6 is 0 Å². The first-order valence-electron chi connectivity index (χ1n) is 10.9. The third-order valence-corrected chi connectivity index (χ3v) is 6.04. The lowest BCUT2D eigenvalue weighted by Crippen LogP contribution is -2.31. The molecule has 1 atom stereocenters. The second-order valence-electron chi connectivity index (χ2n) is 8.03. The molecule has 3 aromatic carbocycles. The van der Waals surface area contributed by atoms with Gasteiger partial charge in [-0.2, -0.15) is 0 Å². The van der Waals surface area contributed by atoms with Crippen molar-refractivity contribution in [1.82, 2.24) is 4.98 Å². The molecular formula is C28H22N2O3. The van der Waals surface area contributed by atoms with Crippen LogP contribution in [0, 0.1) is 0 Å². The van der Waals surface area contributed by atoms with Crippen molar-refractivity contribution < 1.29 is 14.7 Å². The molecule has 5 nitrogen and oxygen atoms in total. The molecule has 1 aromatic heterocycles. The van der Waals surface area contributed by atoms with Gasteiger partial charge in [0.2, 0.25) is 0 Å². The standard InChI is InChI=1S/C28H22N2O3/c31-24(14-13-19-7-2-1-3-8-19)25-26(21-15-17-29-18-16-21)30(28(33)27(25)32)23-12-6-10-20-9-4-5-11-22(20)23/h1-12,15-18,26,32H,13-14H2. The van der Waals surface area contributed by atoms with Crippen LogP contribution in [0.5, 0.6) is 0 Å². The van der Waals surface area contributed by atoms with E-state index in [2.05, 4.69) is 4.98 Å². The number of amides is 1. The summed E-state index contributed by atoms with van der Waals surface area (Å²) in [6.07, 6.45) is 3.98. The zero-order chi connectivity index (χ0) is 22.8. The maximum atomic E-state index is 13.4. The van der Waals surface area contributed by atoms with Crippen LogP contribution in [0.25, 0.3) is 10.8 Å². The molecule has 5 heteroatoms. The van der Waals surface area contributed by atoms with Gasteiger partial charge >= 0.3 is 0 Å². The van der Waals surface area contributed by atoms with E-state index in [1.54, 1.807) is 24.5 Å². The minimum Gasteiger partial charge on any atom is -0.503 e. The molecule has 33 heavy (non-hydrogen) atoms. The van der Waals surface area contributed by atoms with Crippen LogP contribution in [0.1, 0.15) is 23.6 Å². The van der Waals surface area contributed by atoms with E-state index in [4.69, 9.17) is 0 Å². The summed E-state index contributed by atoms with van der Waals surface area (Å²) in [5.41, 5.74) is 2.53. The Balaban J connectivity index is 1.58. The van der Waals surface area contributed by atoms with Crippen LogP contribution in [0.4, 0.5) is 5.69 Å². The van der Waals surface area contributed by atoms with Gasteiger partial charge in [0.15, 0.2) is 11.5 Å². The van der Waals surface area contributed by atoms with Crippen LogP contribution < -0.4 is 4.90 Å². The molecule has 0 aliphatic carbocycles. The van der Waals surface area contributed by atoms with Gasteiger partial charge in [-0.25, -0.2) is 0 Å². The van der Waals surface area contributed by atoms with Gasteiger partial charge in [-0.15, -0.1) is 0 Å². The number of hydrogen-bond donors (Lipinski definition) is 1. The molecule has 0 saturated carbocycles. The Hall–Kier alpha value is -4.25. The van der Waals surface area contributed by atoms with Crippen molar-refractivity contribution in [2.45, 2.75) is 18.9 Å². The number of hydrogen-bond acceptors (Lipinski definition) is 4. The van der Waals surface area contributed by atoms with E-state index >= 15 is 0 Å². The number of carbonyl (C=O) groups excluding carboxylic acids is 2. The highest BCUT2D eigenvalue weighted by Gasteiger charge is 2.44. The first kappa shape index (κ1) is 20.6. The molecular weight excluding hydrogens is 412 g/mol. The van der Waals surface area contributed by atoms with E-state index in [1.165, 1.54) is 4.90 Å². The van der Waals surface area contributed by atoms with Crippen molar-refractivity contribution in [1.29, 1.82) is 0 Å². The third-order valence-electron chi connectivity index (χ3n) is 6.04. The van der Waals surface area contributed by atoms with E-state index < -0.39 is 17.7 Å². The minimum absolute atomic E-state index is 0.134. The van der Waals surface area contributed by atoms with Crippen LogP contribution in [-0.2, 0) is 16.0 Å². The van der Waals surface area contributed by atoms with Crippen molar-refractivity contribution in [2.75, 3.05) is 4.90 Å². The highest BCUT2D eigenvalue weighted by molar-refractivity contribution is 6.18. The lowest BCUT2D eigenvalue weighted by atomic mass is 9.93. The number of benzene rings is 3. The van der Waals surface area contributed by atoms with Crippen molar-refractivity contribution >= 4 is 28.2 Å². The van der Waals surface area contributed by atoms with Crippen molar-refractivity contribution in [3.8, 4) is 0 Å². The summed E-state index contributed by atoms with van der Waals surface area (Å²) in [6.45, 7) is 0. The first-order chi connectivity index (χ1) is 16.1. The number of Topliss-reactive ketones (excluding diaryl/α,β-unsaturated/α-hetero) is 1. The number of aromatic nitrogens is 1. The second kappa shape index (κ2) is 8.71. The monoisotopic (exact) mass is 434 g/mol. The van der Waals surface area contributed by atoms with Gasteiger partial charge in [0.1, 0.15) is 0 Å². The third kappa shape index (κ3) is 3.78. The number of aryl methyl sites for hydroxylation is 1. The molecule has 4 aromatic rings. The number of aliphatic hydroxyl groups excluding tert-OH is 1. The minimum atomic E-state index is -0.727. The molecule has 1 aliphatic rings. The summed E-state index contributed by atoms with van der Waals surface area (Å²) in [4.78, 5) is 32.4. The highest BCUT2D eigenvalue weighted by Crippen LogP contribution is 2.43. The van der Waals surface area contributed by atoms with Gasteiger partial charge in [-0.05, 0) is 41.1 Å². The van der Waals surface area contributed by atoms with Gasteiger partial charge in [0, 0.05) is 24.2 Å². The quantitative estimate of drug-likeness (QED) is 0.445. The maximum absolute atomic E-state index is 13.4. The van der Waals surface area contributed by atoms with Crippen molar-refractivity contribution in [2.24, 2.45) is 0 Å². The van der Waals surface area contributed by atoms with Gasteiger partial charge in [0.05, 0.1) is 17.3 Å². The first-order valence-corrected chi connectivity index (χ1v) is 10.9. The molecule has 0 spiro atoms. The molecule has 0 saturated heterocycles. The number of ketones is 1. The zero-order valence-corrected chi connectivity index (χ0v) is 17.9. The van der Waals surface area contributed by atoms with Gasteiger partial charge in [-0.3, -0.25) is 19.5 Å². The number of anilines is 1. The average molecular weight is 434 g/mol. The number of aliphatic hydroxyl groups is 1. The van der Waals surface area contributed by atoms with Crippen molar-refractivity contribution in [3.05, 3.63) is 120 Å². The SMILES string of the molecule is O=C(CCc1ccccc1)C1=C(O)C(=O)N(c2cccc3ccccc23)C1c1ccncc1. The number of pyridine rings is 1.